The summed E-state index contributed by atoms with van der Waals surface area (Å²) in [4.78, 5) is 22.0. The van der Waals surface area contributed by atoms with Crippen LogP contribution in [-0.2, 0) is 38.0 Å². The number of hydrogen-bond donors (Lipinski definition) is 2. The smallest absolute Gasteiger partial charge is 0.280 e. The molecule has 0 aliphatic carbocycles. The molecule has 2 aromatic heterocycles. The Kier molecular flexibility index (Phi) is 7.85. The molecule has 1 fully saturated rings. The third-order valence-corrected chi connectivity index (χ3v) is 7.27. The number of hydrogen-bond acceptors (Lipinski definition) is 9. The van der Waals surface area contributed by atoms with Crippen molar-refractivity contribution < 1.29 is 27.2 Å². The van der Waals surface area contributed by atoms with Crippen LogP contribution in [0.4, 0.5) is 9.52 Å². The molecule has 35 heavy (non-hydrogen) atoms. The van der Waals surface area contributed by atoms with E-state index < -0.39 is 21.1 Å². The minimum Gasteiger partial charge on any atom is -0.389 e. The molecular weight excluding hydrogens is 499 g/mol. The number of rotatable bonds is 9. The summed E-state index contributed by atoms with van der Waals surface area (Å²) in [5.41, 5.74) is 0.752. The molecule has 1 saturated heterocycles. The van der Waals surface area contributed by atoms with Crippen molar-refractivity contribution in [2.75, 3.05) is 18.5 Å². The van der Waals surface area contributed by atoms with Gasteiger partial charge in [0.05, 0.1) is 11.1 Å². The van der Waals surface area contributed by atoms with Gasteiger partial charge >= 0.3 is 0 Å². The van der Waals surface area contributed by atoms with Crippen LogP contribution in [-0.4, -0.2) is 54.1 Å². The number of oxime groups is 1. The highest BCUT2D eigenvalue weighted by atomic mass is 32.2. The highest BCUT2D eigenvalue weighted by Crippen LogP contribution is 2.18. The first-order chi connectivity index (χ1) is 16.8. The fraction of sp³-hybridized carbons (Fsp3) is 0.333. The van der Waals surface area contributed by atoms with Crippen molar-refractivity contribution in [1.82, 2.24) is 19.5 Å². The Hall–Kier alpha value is -3.20. The standard InChI is InChI=1S/C21H23FN6O5S2/c1-28-9-6-16(25-28)13-33-26-19(20(29)24-21-23-12-18(22)34-21)14-2-4-17(5-3-14)35(30,31)27-15-7-10-32-11-8-15/h2-6,9,12,15,27H,7-8,10-11,13H2,1H3,(H,23,24,29). The number of nitrogens with one attached hydrogen (secondary N) is 2. The fourth-order valence-corrected chi connectivity index (χ4v) is 5.14. The first-order valence-corrected chi connectivity index (χ1v) is 12.9. The number of aryl methyl sites for hydroxylation is 1. The maximum Gasteiger partial charge on any atom is 0.280 e. The van der Waals surface area contributed by atoms with Crippen LogP contribution in [0, 0.1) is 5.13 Å². The Morgan fingerprint density at radius 1 is 1.29 bits per heavy atom. The van der Waals surface area contributed by atoms with Gasteiger partial charge in [0.2, 0.25) is 10.0 Å². The van der Waals surface area contributed by atoms with E-state index in [1.807, 2.05) is 0 Å². The SMILES string of the molecule is Cn1ccc(CON=C(C(=O)Nc2ncc(F)s2)c2ccc(S(=O)(=O)NC3CCOCC3)cc2)n1. The van der Waals surface area contributed by atoms with E-state index in [0.29, 0.717) is 48.6 Å². The molecule has 3 aromatic rings. The zero-order chi connectivity index (χ0) is 24.8. The average Bonchev–Trinajstić information content (AvgIpc) is 3.44. The summed E-state index contributed by atoms with van der Waals surface area (Å²) in [6.45, 7) is 1.01. The molecule has 11 nitrogen and oxygen atoms in total. The fourth-order valence-electron chi connectivity index (χ4n) is 3.29. The number of amides is 1. The Labute approximate surface area is 205 Å². The van der Waals surface area contributed by atoms with Crippen LogP contribution in [0.5, 0.6) is 0 Å². The molecule has 1 aliphatic heterocycles. The molecule has 0 spiro atoms. The van der Waals surface area contributed by atoms with Crippen molar-refractivity contribution in [2.45, 2.75) is 30.4 Å². The monoisotopic (exact) mass is 522 g/mol. The molecule has 1 aliphatic rings. The number of halogens is 1. The average molecular weight is 523 g/mol. The summed E-state index contributed by atoms with van der Waals surface area (Å²) in [6.07, 6.45) is 3.92. The van der Waals surface area contributed by atoms with Crippen LogP contribution in [0.25, 0.3) is 0 Å². The minimum absolute atomic E-state index is 0.00495. The summed E-state index contributed by atoms with van der Waals surface area (Å²) >= 11 is 0.660. The number of ether oxygens (including phenoxy) is 1. The molecule has 14 heteroatoms. The number of carbonyl (C=O) groups is 1. The zero-order valence-corrected chi connectivity index (χ0v) is 20.3. The Bertz CT molecular complexity index is 1300. The summed E-state index contributed by atoms with van der Waals surface area (Å²) in [6, 6.07) is 7.18. The molecule has 3 heterocycles. The van der Waals surface area contributed by atoms with Gasteiger partial charge in [0.1, 0.15) is 5.69 Å². The maximum atomic E-state index is 13.3. The van der Waals surface area contributed by atoms with Gasteiger partial charge in [0, 0.05) is 38.1 Å². The van der Waals surface area contributed by atoms with Crippen molar-refractivity contribution in [3.8, 4) is 0 Å². The van der Waals surface area contributed by atoms with Gasteiger partial charge in [-0.05, 0) is 31.0 Å². The number of anilines is 1. The topological polar surface area (TPSA) is 137 Å². The van der Waals surface area contributed by atoms with E-state index >= 15 is 0 Å². The molecule has 0 unspecified atom stereocenters. The van der Waals surface area contributed by atoms with Crippen molar-refractivity contribution in [2.24, 2.45) is 12.2 Å². The van der Waals surface area contributed by atoms with E-state index in [-0.39, 0.29) is 28.4 Å². The third kappa shape index (κ3) is 6.69. The number of thiazole rings is 1. The lowest BCUT2D eigenvalue weighted by molar-refractivity contribution is -0.110. The summed E-state index contributed by atoms with van der Waals surface area (Å²) < 4.78 is 48.3. The molecule has 0 atom stereocenters. The Morgan fingerprint density at radius 3 is 2.66 bits per heavy atom. The first kappa shape index (κ1) is 24.9. The van der Waals surface area contributed by atoms with Gasteiger partial charge in [-0.25, -0.2) is 18.1 Å². The van der Waals surface area contributed by atoms with Gasteiger partial charge in [-0.1, -0.05) is 28.6 Å². The minimum atomic E-state index is -3.76. The van der Waals surface area contributed by atoms with E-state index in [1.165, 1.54) is 24.3 Å². The normalized spacial score (nSPS) is 15.2. The molecule has 4 rings (SSSR count). The van der Waals surface area contributed by atoms with Gasteiger partial charge in [0.15, 0.2) is 22.6 Å². The first-order valence-electron chi connectivity index (χ1n) is 10.6. The van der Waals surface area contributed by atoms with Crippen LogP contribution in [0.1, 0.15) is 24.1 Å². The van der Waals surface area contributed by atoms with E-state index in [2.05, 4.69) is 25.3 Å². The van der Waals surface area contributed by atoms with Crippen LogP contribution >= 0.6 is 11.3 Å². The second-order valence-electron chi connectivity index (χ2n) is 7.65. The van der Waals surface area contributed by atoms with Gasteiger partial charge in [-0.15, -0.1) is 0 Å². The van der Waals surface area contributed by atoms with Crippen LogP contribution in [0.3, 0.4) is 0 Å². The molecule has 1 aromatic carbocycles. The maximum absolute atomic E-state index is 13.3. The van der Waals surface area contributed by atoms with Gasteiger partial charge in [-0.2, -0.15) is 9.49 Å². The van der Waals surface area contributed by atoms with Gasteiger partial charge < -0.3 is 9.57 Å². The van der Waals surface area contributed by atoms with Crippen LogP contribution in [0.15, 0.2) is 52.8 Å². The Morgan fingerprint density at radius 2 is 2.03 bits per heavy atom. The Balaban J connectivity index is 1.53. The summed E-state index contributed by atoms with van der Waals surface area (Å²) in [7, 11) is -2.00. The predicted octanol–water partition coefficient (Wildman–Crippen LogP) is 2.03. The van der Waals surface area contributed by atoms with Crippen molar-refractivity contribution in [3.05, 3.63) is 59.1 Å². The number of aromatic nitrogens is 3. The van der Waals surface area contributed by atoms with E-state index in [9.17, 15) is 17.6 Å². The summed E-state index contributed by atoms with van der Waals surface area (Å²) in [5.74, 6) is -0.698. The lowest BCUT2D eigenvalue weighted by Gasteiger charge is -2.23. The molecule has 2 N–H and O–H groups in total. The van der Waals surface area contributed by atoms with Gasteiger partial charge in [0.25, 0.3) is 5.91 Å². The zero-order valence-electron chi connectivity index (χ0n) is 18.7. The number of nitrogens with zero attached hydrogens (tertiary/aromatic N) is 4. The second-order valence-corrected chi connectivity index (χ2v) is 10.3. The molecular formula is C21H23FN6O5S2. The third-order valence-electron chi connectivity index (χ3n) is 5.03. The molecule has 0 radical (unpaired) electrons. The highest BCUT2D eigenvalue weighted by molar-refractivity contribution is 7.89. The van der Waals surface area contributed by atoms with Crippen LogP contribution in [0.2, 0.25) is 0 Å². The van der Waals surface area contributed by atoms with E-state index in [1.54, 1.807) is 24.0 Å². The quantitative estimate of drug-likeness (QED) is 0.324. The second kappa shape index (κ2) is 11.0. The highest BCUT2D eigenvalue weighted by Gasteiger charge is 2.23. The molecule has 186 valence electrons. The lowest BCUT2D eigenvalue weighted by Crippen LogP contribution is -2.38. The summed E-state index contributed by atoms with van der Waals surface area (Å²) in [5, 5.41) is 10.1. The largest absolute Gasteiger partial charge is 0.389 e. The predicted molar refractivity (Wildman–Crippen MR) is 126 cm³/mol. The van der Waals surface area contributed by atoms with Gasteiger partial charge in [-0.3, -0.25) is 14.8 Å². The molecule has 1 amide bonds. The van der Waals surface area contributed by atoms with Crippen molar-refractivity contribution >= 4 is 38.1 Å². The van der Waals surface area contributed by atoms with E-state index in [0.717, 1.165) is 6.20 Å². The number of sulfonamides is 1. The lowest BCUT2D eigenvalue weighted by atomic mass is 10.1. The van der Waals surface area contributed by atoms with Crippen LogP contribution < -0.4 is 10.0 Å². The van der Waals surface area contributed by atoms with E-state index in [4.69, 9.17) is 9.57 Å². The number of benzene rings is 1. The number of carbonyl (C=O) groups excluding carboxylic acids is 1. The van der Waals surface area contributed by atoms with Crippen molar-refractivity contribution in [1.29, 1.82) is 0 Å². The molecule has 0 saturated carbocycles. The van der Waals surface area contributed by atoms with Crippen molar-refractivity contribution in [3.63, 3.8) is 0 Å². The molecule has 0 bridgehead atoms.